The molecule has 0 radical (unpaired) electrons. The molecule has 1 aliphatic rings. The largest absolute Gasteiger partial charge is 0.388 e. The minimum Gasteiger partial charge on any atom is -0.388 e. The Hall–Kier alpha value is -2.05. The van der Waals surface area contributed by atoms with Crippen LogP contribution in [-0.4, -0.2) is 60.6 Å². The summed E-state index contributed by atoms with van der Waals surface area (Å²) in [5, 5.41) is 14.1. The number of imide groups is 1. The van der Waals surface area contributed by atoms with Gasteiger partial charge in [-0.25, -0.2) is 0 Å². The van der Waals surface area contributed by atoms with Crippen LogP contribution in [-0.2, 0) is 14.3 Å². The number of nitriles is 1. The molecule has 0 unspecified atom stereocenters. The number of carbonyl (C=O) groups is 3. The highest BCUT2D eigenvalue weighted by molar-refractivity contribution is 8.14. The van der Waals surface area contributed by atoms with Gasteiger partial charge in [-0.05, 0) is 13.3 Å². The molecule has 0 spiro atoms. The van der Waals surface area contributed by atoms with Crippen molar-refractivity contribution in [1.29, 1.82) is 5.26 Å². The van der Waals surface area contributed by atoms with E-state index in [2.05, 4.69) is 10.6 Å². The van der Waals surface area contributed by atoms with E-state index in [9.17, 15) is 14.4 Å². The van der Waals surface area contributed by atoms with Crippen molar-refractivity contribution in [1.82, 2.24) is 15.5 Å². The third-order valence-corrected chi connectivity index (χ3v) is 3.75. The number of ether oxygens (including phenoxy) is 1. The van der Waals surface area contributed by atoms with Gasteiger partial charge in [-0.15, -0.1) is 0 Å². The van der Waals surface area contributed by atoms with Gasteiger partial charge in [-0.1, -0.05) is 11.8 Å². The molecular weight excluding hydrogens is 320 g/mol. The van der Waals surface area contributed by atoms with Gasteiger partial charge < -0.3 is 15.4 Å². The van der Waals surface area contributed by atoms with Gasteiger partial charge in [0.25, 0.3) is 11.1 Å². The van der Waals surface area contributed by atoms with Crippen LogP contribution in [0.1, 0.15) is 13.3 Å². The molecule has 0 bridgehead atoms. The second-order valence-corrected chi connectivity index (χ2v) is 5.46. The van der Waals surface area contributed by atoms with Gasteiger partial charge in [0.1, 0.15) is 11.6 Å². The molecule has 8 nitrogen and oxygen atoms in total. The lowest BCUT2D eigenvalue weighted by Gasteiger charge is -2.12. The summed E-state index contributed by atoms with van der Waals surface area (Å²) in [6.07, 6.45) is 1.96. The average Bonchev–Trinajstić information content (AvgIpc) is 2.86. The number of nitrogens with one attached hydrogen (secondary N) is 2. The molecule has 0 aliphatic carbocycles. The highest BCUT2D eigenvalue weighted by Gasteiger charge is 2.28. The highest BCUT2D eigenvalue weighted by atomic mass is 32.2. The summed E-state index contributed by atoms with van der Waals surface area (Å²) in [6, 6.07) is 1.80. The summed E-state index contributed by atoms with van der Waals surface area (Å²) in [4.78, 5) is 35.7. The average molecular weight is 340 g/mol. The first-order valence-electron chi connectivity index (χ1n) is 7.26. The topological polar surface area (TPSA) is 112 Å². The van der Waals surface area contributed by atoms with E-state index >= 15 is 0 Å². The number of thioether (sulfide) groups is 1. The molecule has 1 fully saturated rings. The molecule has 1 aliphatic heterocycles. The zero-order valence-electron chi connectivity index (χ0n) is 13.0. The molecule has 23 heavy (non-hydrogen) atoms. The Morgan fingerprint density at radius 3 is 2.87 bits per heavy atom. The van der Waals surface area contributed by atoms with Gasteiger partial charge in [0.2, 0.25) is 5.91 Å². The van der Waals surface area contributed by atoms with Crippen molar-refractivity contribution in [3.63, 3.8) is 0 Å². The molecule has 0 aromatic heterocycles. The Morgan fingerprint density at radius 2 is 2.26 bits per heavy atom. The normalized spacial score (nSPS) is 14.8. The second kappa shape index (κ2) is 10.6. The predicted octanol–water partition coefficient (Wildman–Crippen LogP) is 0.222. The third-order valence-electron chi connectivity index (χ3n) is 2.89. The second-order valence-electron chi connectivity index (χ2n) is 4.53. The molecule has 1 saturated heterocycles. The fourth-order valence-corrected chi connectivity index (χ4v) is 2.46. The van der Waals surface area contributed by atoms with E-state index in [1.165, 1.54) is 6.20 Å². The number of rotatable bonds is 10. The SMILES string of the molecule is CCOCCCNC(=O)/C(C#N)=C\NCCN1C(=O)CSC1=O. The molecule has 0 aromatic carbocycles. The Labute approximate surface area is 139 Å². The van der Waals surface area contributed by atoms with Gasteiger partial charge in [-0.2, -0.15) is 5.26 Å². The Morgan fingerprint density at radius 1 is 1.48 bits per heavy atom. The molecule has 9 heteroatoms. The van der Waals surface area contributed by atoms with Crippen molar-refractivity contribution < 1.29 is 19.1 Å². The summed E-state index contributed by atoms with van der Waals surface area (Å²) in [5.74, 6) is -0.527. The van der Waals surface area contributed by atoms with Gasteiger partial charge in [0.15, 0.2) is 0 Å². The third kappa shape index (κ3) is 6.71. The van der Waals surface area contributed by atoms with Crippen LogP contribution < -0.4 is 10.6 Å². The maximum absolute atomic E-state index is 11.8. The Kier molecular flexibility index (Phi) is 8.79. The first kappa shape index (κ1) is 19.0. The summed E-state index contributed by atoms with van der Waals surface area (Å²) in [6.45, 7) is 3.98. The van der Waals surface area contributed by atoms with E-state index in [1.54, 1.807) is 6.07 Å². The van der Waals surface area contributed by atoms with E-state index in [-0.39, 0.29) is 35.6 Å². The predicted molar refractivity (Wildman–Crippen MR) is 85.4 cm³/mol. The smallest absolute Gasteiger partial charge is 0.288 e. The molecule has 3 amide bonds. The van der Waals surface area contributed by atoms with Crippen molar-refractivity contribution in [2.45, 2.75) is 13.3 Å². The Bertz CT molecular complexity index is 499. The number of hydrogen-bond acceptors (Lipinski definition) is 7. The number of amides is 3. The van der Waals surface area contributed by atoms with E-state index in [1.807, 2.05) is 6.92 Å². The fraction of sp³-hybridized carbons (Fsp3) is 0.571. The molecule has 0 aromatic rings. The minimum atomic E-state index is -0.472. The van der Waals surface area contributed by atoms with Crippen molar-refractivity contribution in [3.8, 4) is 6.07 Å². The summed E-state index contributed by atoms with van der Waals surface area (Å²) >= 11 is 0.969. The van der Waals surface area contributed by atoms with E-state index in [0.717, 1.165) is 16.7 Å². The van der Waals surface area contributed by atoms with E-state index in [0.29, 0.717) is 26.2 Å². The molecule has 1 heterocycles. The molecule has 0 atom stereocenters. The van der Waals surface area contributed by atoms with Crippen molar-refractivity contribution in [2.24, 2.45) is 0 Å². The van der Waals surface area contributed by atoms with Crippen molar-refractivity contribution in [2.75, 3.05) is 38.6 Å². The summed E-state index contributed by atoms with van der Waals surface area (Å²) < 4.78 is 5.14. The molecule has 126 valence electrons. The lowest BCUT2D eigenvalue weighted by atomic mass is 10.3. The van der Waals surface area contributed by atoms with Crippen LogP contribution in [0.4, 0.5) is 4.79 Å². The van der Waals surface area contributed by atoms with Gasteiger partial charge >= 0.3 is 0 Å². The van der Waals surface area contributed by atoms with Crippen LogP contribution in [0.25, 0.3) is 0 Å². The fourth-order valence-electron chi connectivity index (χ4n) is 1.71. The quantitative estimate of drug-likeness (QED) is 0.332. The zero-order valence-corrected chi connectivity index (χ0v) is 13.8. The molecular formula is C14H20N4O4S. The minimum absolute atomic E-state index is 0.0603. The zero-order chi connectivity index (χ0) is 17.1. The van der Waals surface area contributed by atoms with Gasteiger partial charge in [0, 0.05) is 39.0 Å². The Balaban J connectivity index is 2.29. The monoisotopic (exact) mass is 340 g/mol. The van der Waals surface area contributed by atoms with Crippen LogP contribution in [0.15, 0.2) is 11.8 Å². The van der Waals surface area contributed by atoms with Crippen molar-refractivity contribution in [3.05, 3.63) is 11.8 Å². The molecule has 1 rings (SSSR count). The van der Waals surface area contributed by atoms with Crippen molar-refractivity contribution >= 4 is 28.8 Å². The lowest BCUT2D eigenvalue weighted by molar-refractivity contribution is -0.124. The van der Waals surface area contributed by atoms with Gasteiger partial charge in [0.05, 0.1) is 5.75 Å². The maximum atomic E-state index is 11.8. The highest BCUT2D eigenvalue weighted by Crippen LogP contribution is 2.17. The van der Waals surface area contributed by atoms with E-state index < -0.39 is 5.91 Å². The maximum Gasteiger partial charge on any atom is 0.288 e. The van der Waals surface area contributed by atoms with Crippen LogP contribution in [0.2, 0.25) is 0 Å². The van der Waals surface area contributed by atoms with E-state index in [4.69, 9.17) is 10.00 Å². The van der Waals surface area contributed by atoms with Crippen LogP contribution >= 0.6 is 11.8 Å². The van der Waals surface area contributed by atoms with Crippen LogP contribution in [0.3, 0.4) is 0 Å². The summed E-state index contributed by atoms with van der Waals surface area (Å²) in [5.41, 5.74) is -0.0603. The lowest BCUT2D eigenvalue weighted by Crippen LogP contribution is -2.34. The standard InChI is InChI=1S/C14H20N4O4S/c1-2-22-7-3-4-17-13(20)11(8-15)9-16-5-6-18-12(19)10-23-14(18)21/h9,16H,2-7,10H2,1H3,(H,17,20)/b11-9-. The first-order valence-corrected chi connectivity index (χ1v) is 8.25. The molecule has 0 saturated carbocycles. The number of nitrogens with zero attached hydrogens (tertiary/aromatic N) is 2. The molecule has 2 N–H and O–H groups in total. The summed E-state index contributed by atoms with van der Waals surface area (Å²) in [7, 11) is 0. The first-order chi connectivity index (χ1) is 11.1. The van der Waals surface area contributed by atoms with Gasteiger partial charge in [-0.3, -0.25) is 19.3 Å². The number of carbonyl (C=O) groups excluding carboxylic acids is 3. The number of hydrogen-bond donors (Lipinski definition) is 2. The van der Waals surface area contributed by atoms with Crippen LogP contribution in [0, 0.1) is 11.3 Å². The van der Waals surface area contributed by atoms with Crippen LogP contribution in [0.5, 0.6) is 0 Å².